The van der Waals surface area contributed by atoms with Crippen LogP contribution in [0.4, 0.5) is 0 Å². The summed E-state index contributed by atoms with van der Waals surface area (Å²) in [6.45, 7) is 3.93. The summed E-state index contributed by atoms with van der Waals surface area (Å²) in [6, 6.07) is 0.696. The van der Waals surface area contributed by atoms with Crippen LogP contribution in [0.2, 0.25) is 0 Å². The van der Waals surface area contributed by atoms with Crippen LogP contribution in [0, 0.1) is 0 Å². The molecule has 1 aromatic heterocycles. The first-order chi connectivity index (χ1) is 8.78. The standard InChI is InChI=1S/C13H24N4O/c1-3-8-14-11-4-6-13(7-5-11)18-10-12-9-17(2)16-15-12/h9,11,13-14H,3-8,10H2,1-2H3. The SMILES string of the molecule is CCCNC1CCC(OCc2cn(C)nn2)CC1. The molecule has 5 heteroatoms. The van der Waals surface area contributed by atoms with Gasteiger partial charge in [-0.1, -0.05) is 12.1 Å². The van der Waals surface area contributed by atoms with E-state index in [4.69, 9.17) is 4.74 Å². The number of nitrogens with one attached hydrogen (secondary N) is 1. The summed E-state index contributed by atoms with van der Waals surface area (Å²) < 4.78 is 7.60. The van der Waals surface area contributed by atoms with Gasteiger partial charge in [0.2, 0.25) is 0 Å². The van der Waals surface area contributed by atoms with Gasteiger partial charge in [0.15, 0.2) is 0 Å². The van der Waals surface area contributed by atoms with Crippen LogP contribution in [0.3, 0.4) is 0 Å². The molecule has 102 valence electrons. The summed E-state index contributed by atoms with van der Waals surface area (Å²) in [4.78, 5) is 0. The van der Waals surface area contributed by atoms with Crippen molar-refractivity contribution in [2.24, 2.45) is 7.05 Å². The van der Waals surface area contributed by atoms with E-state index in [2.05, 4.69) is 22.6 Å². The quantitative estimate of drug-likeness (QED) is 0.836. The van der Waals surface area contributed by atoms with Gasteiger partial charge in [0, 0.05) is 13.1 Å². The number of nitrogens with zero attached hydrogens (tertiary/aromatic N) is 3. The maximum Gasteiger partial charge on any atom is 0.108 e. The summed E-state index contributed by atoms with van der Waals surface area (Å²) in [5, 5.41) is 11.5. The molecule has 1 aromatic rings. The van der Waals surface area contributed by atoms with Gasteiger partial charge in [0.25, 0.3) is 0 Å². The third kappa shape index (κ3) is 4.07. The van der Waals surface area contributed by atoms with Crippen molar-refractivity contribution in [2.45, 2.75) is 57.8 Å². The second-order valence-electron chi connectivity index (χ2n) is 5.12. The fourth-order valence-corrected chi connectivity index (χ4v) is 2.45. The molecule has 1 aliphatic rings. The summed E-state index contributed by atoms with van der Waals surface area (Å²) >= 11 is 0. The fourth-order valence-electron chi connectivity index (χ4n) is 2.45. The van der Waals surface area contributed by atoms with Gasteiger partial charge < -0.3 is 10.1 Å². The van der Waals surface area contributed by atoms with Crippen LogP contribution in [0.15, 0.2) is 6.20 Å². The molecule has 0 radical (unpaired) electrons. The summed E-state index contributed by atoms with van der Waals surface area (Å²) in [5.41, 5.74) is 0.920. The molecule has 1 aliphatic carbocycles. The highest BCUT2D eigenvalue weighted by Gasteiger charge is 2.21. The van der Waals surface area contributed by atoms with Gasteiger partial charge in [0.05, 0.1) is 18.9 Å². The number of ether oxygens (including phenoxy) is 1. The third-order valence-corrected chi connectivity index (χ3v) is 3.47. The van der Waals surface area contributed by atoms with Crippen LogP contribution in [0.1, 0.15) is 44.7 Å². The zero-order chi connectivity index (χ0) is 12.8. The Bertz CT molecular complexity index is 345. The molecule has 0 unspecified atom stereocenters. The van der Waals surface area contributed by atoms with Crippen molar-refractivity contribution in [3.63, 3.8) is 0 Å². The predicted octanol–water partition coefficient (Wildman–Crippen LogP) is 1.64. The monoisotopic (exact) mass is 252 g/mol. The van der Waals surface area contributed by atoms with Crippen LogP contribution in [0.5, 0.6) is 0 Å². The molecule has 1 fully saturated rings. The molecule has 1 N–H and O–H groups in total. The normalized spacial score (nSPS) is 24.3. The molecule has 18 heavy (non-hydrogen) atoms. The van der Waals surface area contributed by atoms with Crippen LogP contribution >= 0.6 is 0 Å². The Balaban J connectivity index is 1.64. The highest BCUT2D eigenvalue weighted by Crippen LogP contribution is 2.21. The topological polar surface area (TPSA) is 52.0 Å². The Morgan fingerprint density at radius 2 is 2.17 bits per heavy atom. The van der Waals surface area contributed by atoms with E-state index in [1.807, 2.05) is 13.2 Å². The average Bonchev–Trinajstić information content (AvgIpc) is 2.81. The molecule has 0 aliphatic heterocycles. The van der Waals surface area contributed by atoms with E-state index in [9.17, 15) is 0 Å². The minimum absolute atomic E-state index is 0.395. The first kappa shape index (κ1) is 13.5. The van der Waals surface area contributed by atoms with Gasteiger partial charge >= 0.3 is 0 Å². The molecule has 0 spiro atoms. The largest absolute Gasteiger partial charge is 0.372 e. The third-order valence-electron chi connectivity index (χ3n) is 3.47. The zero-order valence-electron chi connectivity index (χ0n) is 11.4. The molecular weight excluding hydrogens is 228 g/mol. The summed E-state index contributed by atoms with van der Waals surface area (Å²) in [5.74, 6) is 0. The first-order valence-electron chi connectivity index (χ1n) is 6.98. The second-order valence-corrected chi connectivity index (χ2v) is 5.12. The highest BCUT2D eigenvalue weighted by molar-refractivity contribution is 4.89. The van der Waals surface area contributed by atoms with E-state index in [0.29, 0.717) is 18.8 Å². The molecular formula is C13H24N4O. The number of hydrogen-bond donors (Lipinski definition) is 1. The second kappa shape index (κ2) is 6.85. The molecule has 0 bridgehead atoms. The van der Waals surface area contributed by atoms with Gasteiger partial charge in [-0.25, -0.2) is 0 Å². The Labute approximate surface area is 109 Å². The smallest absolute Gasteiger partial charge is 0.108 e. The molecule has 0 saturated heterocycles. The fraction of sp³-hybridized carbons (Fsp3) is 0.846. The van der Waals surface area contributed by atoms with E-state index < -0.39 is 0 Å². The van der Waals surface area contributed by atoms with Crippen molar-refractivity contribution in [1.82, 2.24) is 20.3 Å². The van der Waals surface area contributed by atoms with Crippen LogP contribution in [-0.2, 0) is 18.4 Å². The average molecular weight is 252 g/mol. The molecule has 1 heterocycles. The van der Waals surface area contributed by atoms with E-state index in [0.717, 1.165) is 25.1 Å². The maximum atomic E-state index is 5.89. The van der Waals surface area contributed by atoms with E-state index in [1.165, 1.54) is 19.3 Å². The molecule has 0 aromatic carbocycles. The Kier molecular flexibility index (Phi) is 5.13. The Hall–Kier alpha value is -0.940. The van der Waals surface area contributed by atoms with Crippen LogP contribution in [0.25, 0.3) is 0 Å². The van der Waals surface area contributed by atoms with Gasteiger partial charge in [0.1, 0.15) is 5.69 Å². The number of hydrogen-bond acceptors (Lipinski definition) is 4. The van der Waals surface area contributed by atoms with E-state index >= 15 is 0 Å². The van der Waals surface area contributed by atoms with E-state index in [1.54, 1.807) is 4.68 Å². The first-order valence-corrected chi connectivity index (χ1v) is 6.98. The number of rotatable bonds is 6. The lowest BCUT2D eigenvalue weighted by Crippen LogP contribution is -2.35. The summed E-state index contributed by atoms with van der Waals surface area (Å²) in [6.07, 6.45) is 8.28. The Morgan fingerprint density at radius 3 is 2.78 bits per heavy atom. The van der Waals surface area contributed by atoms with Crippen LogP contribution < -0.4 is 5.32 Å². The van der Waals surface area contributed by atoms with Gasteiger partial charge in [-0.05, 0) is 38.6 Å². The van der Waals surface area contributed by atoms with E-state index in [-0.39, 0.29) is 0 Å². The summed E-state index contributed by atoms with van der Waals surface area (Å²) in [7, 11) is 1.88. The van der Waals surface area contributed by atoms with Gasteiger partial charge in [-0.15, -0.1) is 5.10 Å². The lowest BCUT2D eigenvalue weighted by atomic mass is 9.93. The molecule has 0 amide bonds. The van der Waals surface area contributed by atoms with Crippen molar-refractivity contribution < 1.29 is 4.74 Å². The molecule has 5 nitrogen and oxygen atoms in total. The molecule has 1 saturated carbocycles. The predicted molar refractivity (Wildman–Crippen MR) is 70.1 cm³/mol. The van der Waals surface area contributed by atoms with Crippen molar-refractivity contribution in [2.75, 3.05) is 6.54 Å². The molecule has 0 atom stereocenters. The maximum absolute atomic E-state index is 5.89. The lowest BCUT2D eigenvalue weighted by Gasteiger charge is -2.29. The van der Waals surface area contributed by atoms with Crippen molar-refractivity contribution in [3.8, 4) is 0 Å². The number of aromatic nitrogens is 3. The minimum Gasteiger partial charge on any atom is -0.372 e. The van der Waals surface area contributed by atoms with Gasteiger partial charge in [-0.2, -0.15) is 0 Å². The zero-order valence-corrected chi connectivity index (χ0v) is 11.4. The molecule has 2 rings (SSSR count). The number of aryl methyl sites for hydroxylation is 1. The Morgan fingerprint density at radius 1 is 1.39 bits per heavy atom. The van der Waals surface area contributed by atoms with Crippen molar-refractivity contribution in [1.29, 1.82) is 0 Å². The van der Waals surface area contributed by atoms with Crippen molar-refractivity contribution in [3.05, 3.63) is 11.9 Å². The lowest BCUT2D eigenvalue weighted by molar-refractivity contribution is 0.00980. The van der Waals surface area contributed by atoms with Gasteiger partial charge in [-0.3, -0.25) is 4.68 Å². The minimum atomic E-state index is 0.395. The highest BCUT2D eigenvalue weighted by atomic mass is 16.5. The van der Waals surface area contributed by atoms with Crippen molar-refractivity contribution >= 4 is 0 Å². The van der Waals surface area contributed by atoms with Crippen LogP contribution in [-0.4, -0.2) is 33.7 Å².